The van der Waals surface area contributed by atoms with Gasteiger partial charge in [-0.25, -0.2) is 0 Å². The molecule has 0 saturated heterocycles. The molecular formula is C24H39NO3. The topological polar surface area (TPSA) is 57.6 Å². The molecule has 0 spiro atoms. The van der Waals surface area contributed by atoms with Crippen molar-refractivity contribution >= 4 is 11.7 Å². The van der Waals surface area contributed by atoms with E-state index in [4.69, 9.17) is 0 Å². The van der Waals surface area contributed by atoms with Gasteiger partial charge in [0, 0.05) is 32.4 Å². The molecule has 0 unspecified atom stereocenters. The van der Waals surface area contributed by atoms with Gasteiger partial charge in [-0.15, -0.1) is 0 Å². The van der Waals surface area contributed by atoms with Crippen LogP contribution in [0.15, 0.2) is 23.8 Å². The molecule has 4 heteroatoms. The predicted molar refractivity (Wildman–Crippen MR) is 114 cm³/mol. The highest BCUT2D eigenvalue weighted by atomic mass is 16.3. The number of aliphatic hydroxyl groups excluding tert-OH is 1. The summed E-state index contributed by atoms with van der Waals surface area (Å²) < 4.78 is 0. The predicted octanol–water partition coefficient (Wildman–Crippen LogP) is 4.53. The van der Waals surface area contributed by atoms with Crippen LogP contribution in [0.4, 0.5) is 0 Å². The molecule has 0 aromatic heterocycles. The van der Waals surface area contributed by atoms with E-state index in [9.17, 15) is 14.7 Å². The fourth-order valence-electron chi connectivity index (χ4n) is 4.67. The summed E-state index contributed by atoms with van der Waals surface area (Å²) in [5, 5.41) is 10.5. The van der Waals surface area contributed by atoms with Crippen LogP contribution in [-0.4, -0.2) is 41.9 Å². The summed E-state index contributed by atoms with van der Waals surface area (Å²) in [5.74, 6) is 1.44. The average molecular weight is 390 g/mol. The summed E-state index contributed by atoms with van der Waals surface area (Å²) in [7, 11) is 3.61. The summed E-state index contributed by atoms with van der Waals surface area (Å²) in [4.78, 5) is 25.6. The van der Waals surface area contributed by atoms with Gasteiger partial charge in [0.15, 0.2) is 5.78 Å². The number of fused-ring (bicyclic) bond motifs is 1. The van der Waals surface area contributed by atoms with Crippen molar-refractivity contribution in [1.29, 1.82) is 0 Å². The van der Waals surface area contributed by atoms with Crippen LogP contribution in [0.2, 0.25) is 0 Å². The largest absolute Gasteiger partial charge is 0.392 e. The third-order valence-electron chi connectivity index (χ3n) is 6.55. The number of rotatable bonds is 11. The van der Waals surface area contributed by atoms with Crippen molar-refractivity contribution < 1.29 is 14.7 Å². The van der Waals surface area contributed by atoms with E-state index in [-0.39, 0.29) is 29.6 Å². The molecule has 1 saturated carbocycles. The van der Waals surface area contributed by atoms with E-state index < -0.39 is 0 Å². The Balaban J connectivity index is 1.80. The van der Waals surface area contributed by atoms with Gasteiger partial charge in [-0.3, -0.25) is 9.59 Å². The molecule has 1 fully saturated rings. The molecule has 28 heavy (non-hydrogen) atoms. The average Bonchev–Trinajstić information content (AvgIpc) is 3.17. The number of carbonyl (C=O) groups excluding carboxylic acids is 2. The number of aliphatic hydroxyl groups is 1. The fraction of sp³-hybridized carbons (Fsp3) is 0.750. The van der Waals surface area contributed by atoms with Gasteiger partial charge < -0.3 is 10.0 Å². The Morgan fingerprint density at radius 2 is 2.04 bits per heavy atom. The normalized spacial score (nSPS) is 27.7. The van der Waals surface area contributed by atoms with Gasteiger partial charge in [-0.1, -0.05) is 44.4 Å². The summed E-state index contributed by atoms with van der Waals surface area (Å²) in [5.41, 5.74) is 1.47. The van der Waals surface area contributed by atoms with E-state index in [1.807, 2.05) is 13.0 Å². The van der Waals surface area contributed by atoms with Crippen molar-refractivity contribution in [2.45, 2.75) is 77.7 Å². The maximum Gasteiger partial charge on any atom is 0.222 e. The highest BCUT2D eigenvalue weighted by Gasteiger charge is 2.43. The van der Waals surface area contributed by atoms with Crippen molar-refractivity contribution in [3.8, 4) is 0 Å². The first kappa shape index (κ1) is 22.9. The third kappa shape index (κ3) is 6.30. The lowest BCUT2D eigenvalue weighted by Gasteiger charge is -2.18. The molecule has 0 heterocycles. The fourth-order valence-corrected chi connectivity index (χ4v) is 4.67. The summed E-state index contributed by atoms with van der Waals surface area (Å²) >= 11 is 0. The number of allylic oxidation sites excluding steroid dienone is 3. The second-order valence-electron chi connectivity index (χ2n) is 9.04. The standard InChI is InChI=1S/C24H39NO3/c1-5-6-9-17(2)22(26)13-12-20-21-15-18(14-19(21)16-23(20)27)10-7-8-11-24(28)25(3)4/h12-14,17,19-21,23,27H,5-11,15-16H2,1-4H3/t17-,19-,20+,21-,23+/m0/s1. The molecule has 4 nitrogen and oxygen atoms in total. The van der Waals surface area contributed by atoms with Crippen molar-refractivity contribution in [2.24, 2.45) is 23.7 Å². The van der Waals surface area contributed by atoms with Crippen molar-refractivity contribution in [2.75, 3.05) is 14.1 Å². The first-order valence-electron chi connectivity index (χ1n) is 11.1. The Hall–Kier alpha value is -1.42. The van der Waals surface area contributed by atoms with Crippen LogP contribution in [0.5, 0.6) is 0 Å². The Morgan fingerprint density at radius 1 is 1.29 bits per heavy atom. The maximum absolute atomic E-state index is 12.3. The van der Waals surface area contributed by atoms with Crippen molar-refractivity contribution in [3.05, 3.63) is 23.8 Å². The second-order valence-corrected chi connectivity index (χ2v) is 9.04. The molecule has 0 aromatic carbocycles. The lowest BCUT2D eigenvalue weighted by Crippen LogP contribution is -2.21. The van der Waals surface area contributed by atoms with Gasteiger partial charge >= 0.3 is 0 Å². The van der Waals surface area contributed by atoms with Crippen LogP contribution in [0.1, 0.15) is 71.6 Å². The minimum atomic E-state index is -0.333. The number of carbonyl (C=O) groups is 2. The maximum atomic E-state index is 12.3. The van der Waals surface area contributed by atoms with Crippen molar-refractivity contribution in [1.82, 2.24) is 4.90 Å². The zero-order valence-corrected chi connectivity index (χ0v) is 18.2. The van der Waals surface area contributed by atoms with E-state index in [1.54, 1.807) is 25.1 Å². The minimum absolute atomic E-state index is 0.0766. The van der Waals surface area contributed by atoms with Crippen LogP contribution >= 0.6 is 0 Å². The van der Waals surface area contributed by atoms with Gasteiger partial charge in [-0.05, 0) is 56.4 Å². The van der Waals surface area contributed by atoms with Gasteiger partial charge in [0.1, 0.15) is 0 Å². The lowest BCUT2D eigenvalue weighted by molar-refractivity contribution is -0.128. The quantitative estimate of drug-likeness (QED) is 0.321. The van der Waals surface area contributed by atoms with E-state index in [2.05, 4.69) is 13.0 Å². The highest BCUT2D eigenvalue weighted by molar-refractivity contribution is 5.91. The number of unbranched alkanes of at least 4 members (excludes halogenated alkanes) is 2. The van der Waals surface area contributed by atoms with Crippen molar-refractivity contribution in [3.63, 3.8) is 0 Å². The van der Waals surface area contributed by atoms with Gasteiger partial charge in [0.2, 0.25) is 5.91 Å². The van der Waals surface area contributed by atoms with E-state index in [0.29, 0.717) is 18.3 Å². The molecule has 0 radical (unpaired) electrons. The summed E-state index contributed by atoms with van der Waals surface area (Å²) in [6.07, 6.45) is 14.4. The molecule has 2 aliphatic carbocycles. The number of hydrogen-bond donors (Lipinski definition) is 1. The number of ketones is 1. The molecule has 158 valence electrons. The molecule has 0 bridgehead atoms. The zero-order valence-electron chi connectivity index (χ0n) is 18.2. The SMILES string of the molecule is CCCC[C@H](C)C(=O)C=C[C@@H]1[C@H]2CC(CCCCC(=O)N(C)C)=C[C@H]2C[C@H]1O. The van der Waals surface area contributed by atoms with Crippen LogP contribution in [0.25, 0.3) is 0 Å². The first-order valence-corrected chi connectivity index (χ1v) is 11.1. The van der Waals surface area contributed by atoms with Gasteiger partial charge in [0.25, 0.3) is 0 Å². The molecule has 0 aromatic rings. The molecule has 2 aliphatic rings. The van der Waals surface area contributed by atoms with E-state index in [1.165, 1.54) is 5.57 Å². The number of amides is 1. The molecule has 0 aliphatic heterocycles. The van der Waals surface area contributed by atoms with Gasteiger partial charge in [-0.2, -0.15) is 0 Å². The minimum Gasteiger partial charge on any atom is -0.392 e. The van der Waals surface area contributed by atoms with E-state index >= 15 is 0 Å². The van der Waals surface area contributed by atoms with Crippen LogP contribution in [0, 0.1) is 23.7 Å². The summed E-state index contributed by atoms with van der Waals surface area (Å²) in [6.45, 7) is 4.15. The van der Waals surface area contributed by atoms with Crippen LogP contribution in [0.3, 0.4) is 0 Å². The molecule has 2 rings (SSSR count). The van der Waals surface area contributed by atoms with Crippen LogP contribution in [-0.2, 0) is 9.59 Å². The Morgan fingerprint density at radius 3 is 2.71 bits per heavy atom. The van der Waals surface area contributed by atoms with Gasteiger partial charge in [0.05, 0.1) is 6.10 Å². The second kappa shape index (κ2) is 10.9. The molecule has 1 amide bonds. The van der Waals surface area contributed by atoms with Crippen LogP contribution < -0.4 is 0 Å². The number of nitrogens with zero attached hydrogens (tertiary/aromatic N) is 1. The molecule has 5 atom stereocenters. The smallest absolute Gasteiger partial charge is 0.222 e. The lowest BCUT2D eigenvalue weighted by atomic mass is 9.88. The monoisotopic (exact) mass is 389 g/mol. The zero-order chi connectivity index (χ0) is 20.7. The van der Waals surface area contributed by atoms with E-state index in [0.717, 1.165) is 51.4 Å². The first-order chi connectivity index (χ1) is 13.3. The molecular weight excluding hydrogens is 350 g/mol. The Bertz CT molecular complexity index is 593. The number of hydrogen-bond acceptors (Lipinski definition) is 3. The highest BCUT2D eigenvalue weighted by Crippen LogP contribution is 2.48. The Labute approximate surface area is 171 Å². The third-order valence-corrected chi connectivity index (χ3v) is 6.55. The Kier molecular flexibility index (Phi) is 8.94. The summed E-state index contributed by atoms with van der Waals surface area (Å²) in [6, 6.07) is 0. The molecule has 1 N–H and O–H groups in total.